The van der Waals surface area contributed by atoms with Crippen LogP contribution in [0, 0.1) is 0 Å². The van der Waals surface area contributed by atoms with Gasteiger partial charge < -0.3 is 14.1 Å². The summed E-state index contributed by atoms with van der Waals surface area (Å²) in [6.45, 7) is 15.0. The molecule has 0 aliphatic carbocycles. The van der Waals surface area contributed by atoms with Gasteiger partial charge >= 0.3 is 11.9 Å². The topological polar surface area (TPSA) is 46.6 Å². The maximum Gasteiger partial charge on any atom is 0.369 e. The third kappa shape index (κ3) is 6.66. The predicted molar refractivity (Wildman–Crippen MR) is 106 cm³/mol. The first-order valence-corrected chi connectivity index (χ1v) is 10.7. The maximum atomic E-state index is 11.7. The molecule has 152 valence electrons. The summed E-state index contributed by atoms with van der Waals surface area (Å²) in [5.41, 5.74) is 0. The molecule has 0 spiro atoms. The van der Waals surface area contributed by atoms with Crippen molar-refractivity contribution in [1.82, 2.24) is 4.90 Å². The van der Waals surface area contributed by atoms with Gasteiger partial charge in [0.2, 0.25) is 0 Å². The number of likely N-dealkylation sites (N-methyl/N-ethyl adjacent to an activating group) is 1. The van der Waals surface area contributed by atoms with E-state index >= 15 is 0 Å². The van der Waals surface area contributed by atoms with E-state index in [0.717, 1.165) is 36.5 Å². The highest BCUT2D eigenvalue weighted by Crippen LogP contribution is 2.30. The summed E-state index contributed by atoms with van der Waals surface area (Å²) in [5.74, 6) is -0.877. The van der Waals surface area contributed by atoms with Gasteiger partial charge in [-0.1, -0.05) is 27.2 Å². The van der Waals surface area contributed by atoms with E-state index in [1.54, 1.807) is 0 Å². The van der Waals surface area contributed by atoms with Crippen molar-refractivity contribution in [2.75, 3.05) is 32.7 Å². The van der Waals surface area contributed by atoms with Crippen molar-refractivity contribution in [1.29, 1.82) is 0 Å². The number of rotatable bonds is 7. The summed E-state index contributed by atoms with van der Waals surface area (Å²) in [5, 5.41) is 0. The number of hydrogen-bond acceptors (Lipinski definition) is 4. The first-order valence-electron chi connectivity index (χ1n) is 10.7. The third-order valence-electron chi connectivity index (χ3n) is 6.25. The highest BCUT2D eigenvalue weighted by atomic mass is 16.6. The van der Waals surface area contributed by atoms with Crippen LogP contribution in [0.4, 0.5) is 0 Å². The molecule has 0 aromatic heterocycles. The standard InChI is InChI=1S/C13H24NO3.C8H17N/c1-4-7-12-8-6-9-14(12,5-2)10-13(16)17-11(3)15;1-3-8-6-5-7-9(8)4-2/h12H,4-10H2,1-3H3;8H,3-7H2,1-2H3/q+1;. The Balaban J connectivity index is 0.000000314. The fourth-order valence-corrected chi connectivity index (χ4v) is 4.81. The number of likely N-dealkylation sites (tertiary alicyclic amines) is 2. The summed E-state index contributed by atoms with van der Waals surface area (Å²) >= 11 is 0. The van der Waals surface area contributed by atoms with Gasteiger partial charge in [-0.3, -0.25) is 4.79 Å². The monoisotopic (exact) mass is 369 g/mol. The van der Waals surface area contributed by atoms with Gasteiger partial charge in [0.25, 0.3) is 0 Å². The highest BCUT2D eigenvalue weighted by molar-refractivity contribution is 5.84. The van der Waals surface area contributed by atoms with E-state index in [1.165, 1.54) is 52.1 Å². The summed E-state index contributed by atoms with van der Waals surface area (Å²) in [7, 11) is 0. The number of esters is 2. The number of quaternary nitrogens is 1. The Bertz CT molecular complexity index is 431. The molecule has 2 aliphatic heterocycles. The first-order chi connectivity index (χ1) is 12.4. The molecule has 5 nitrogen and oxygen atoms in total. The van der Waals surface area contributed by atoms with E-state index in [-0.39, 0.29) is 5.97 Å². The Kier molecular flexibility index (Phi) is 10.4. The second-order valence-electron chi connectivity index (χ2n) is 7.80. The lowest BCUT2D eigenvalue weighted by Crippen LogP contribution is -2.54. The number of carbonyl (C=O) groups is 2. The molecule has 3 unspecified atom stereocenters. The van der Waals surface area contributed by atoms with Crippen LogP contribution in [-0.4, -0.2) is 66.1 Å². The van der Waals surface area contributed by atoms with Gasteiger partial charge in [-0.2, -0.15) is 0 Å². The zero-order valence-corrected chi connectivity index (χ0v) is 17.8. The molecule has 2 rings (SSSR count). The molecule has 26 heavy (non-hydrogen) atoms. The molecule has 2 fully saturated rings. The Morgan fingerprint density at radius 1 is 1.12 bits per heavy atom. The molecular weight excluding hydrogens is 328 g/mol. The molecule has 2 saturated heterocycles. The molecule has 0 bridgehead atoms. The molecule has 3 atom stereocenters. The first kappa shape index (κ1) is 23.1. The highest BCUT2D eigenvalue weighted by Gasteiger charge is 2.41. The van der Waals surface area contributed by atoms with Gasteiger partial charge in [0, 0.05) is 25.8 Å². The van der Waals surface area contributed by atoms with Crippen molar-refractivity contribution >= 4 is 11.9 Å². The van der Waals surface area contributed by atoms with Crippen LogP contribution in [0.3, 0.4) is 0 Å². The molecule has 5 heteroatoms. The third-order valence-corrected chi connectivity index (χ3v) is 6.25. The van der Waals surface area contributed by atoms with Crippen LogP contribution < -0.4 is 0 Å². The van der Waals surface area contributed by atoms with Crippen molar-refractivity contribution in [3.05, 3.63) is 0 Å². The second kappa shape index (κ2) is 11.7. The van der Waals surface area contributed by atoms with Gasteiger partial charge in [-0.25, -0.2) is 4.79 Å². The van der Waals surface area contributed by atoms with E-state index < -0.39 is 5.97 Å². The van der Waals surface area contributed by atoms with Crippen molar-refractivity contribution in [2.45, 2.75) is 91.6 Å². The second-order valence-corrected chi connectivity index (χ2v) is 7.80. The molecule has 0 saturated carbocycles. The molecule has 0 amide bonds. The fourth-order valence-electron chi connectivity index (χ4n) is 4.81. The largest absolute Gasteiger partial charge is 0.389 e. The molecule has 0 aromatic carbocycles. The van der Waals surface area contributed by atoms with Gasteiger partial charge in [0.05, 0.1) is 19.1 Å². The summed E-state index contributed by atoms with van der Waals surface area (Å²) in [6, 6.07) is 1.47. The van der Waals surface area contributed by atoms with Crippen LogP contribution in [0.25, 0.3) is 0 Å². The Hall–Kier alpha value is -0.940. The summed E-state index contributed by atoms with van der Waals surface area (Å²) in [6.07, 6.45) is 8.86. The SMILES string of the molecule is CCC1CCCN1CC.CCCC1CCC[N+]1(CC)CC(=O)OC(C)=O. The van der Waals surface area contributed by atoms with E-state index in [1.807, 2.05) is 0 Å². The quantitative estimate of drug-likeness (QED) is 0.389. The number of ether oxygens (including phenoxy) is 1. The zero-order valence-electron chi connectivity index (χ0n) is 17.8. The van der Waals surface area contributed by atoms with Crippen LogP contribution in [0.2, 0.25) is 0 Å². The lowest BCUT2D eigenvalue weighted by molar-refractivity contribution is -0.931. The van der Waals surface area contributed by atoms with Gasteiger partial charge in [-0.05, 0) is 45.7 Å². The minimum Gasteiger partial charge on any atom is -0.389 e. The average molecular weight is 370 g/mol. The Labute approximate surface area is 160 Å². The number of hydrogen-bond donors (Lipinski definition) is 0. The van der Waals surface area contributed by atoms with Gasteiger partial charge in [-0.15, -0.1) is 0 Å². The van der Waals surface area contributed by atoms with Crippen LogP contribution in [0.15, 0.2) is 0 Å². The number of nitrogens with zero attached hydrogens (tertiary/aromatic N) is 2. The minimum absolute atomic E-state index is 0.348. The van der Waals surface area contributed by atoms with E-state index in [0.29, 0.717) is 12.6 Å². The molecule has 2 heterocycles. The molecule has 0 N–H and O–H groups in total. The van der Waals surface area contributed by atoms with Crippen molar-refractivity contribution in [3.63, 3.8) is 0 Å². The Morgan fingerprint density at radius 3 is 2.35 bits per heavy atom. The lowest BCUT2D eigenvalue weighted by atomic mass is 10.1. The van der Waals surface area contributed by atoms with E-state index in [2.05, 4.69) is 37.3 Å². The number of carbonyl (C=O) groups excluding carboxylic acids is 2. The van der Waals surface area contributed by atoms with E-state index in [4.69, 9.17) is 0 Å². The minimum atomic E-state index is -0.504. The average Bonchev–Trinajstić information content (AvgIpc) is 3.22. The van der Waals surface area contributed by atoms with Crippen molar-refractivity contribution in [3.8, 4) is 0 Å². The molecular formula is C21H41N2O3+. The van der Waals surface area contributed by atoms with Crippen LogP contribution in [0.1, 0.15) is 79.6 Å². The van der Waals surface area contributed by atoms with Gasteiger partial charge in [0.1, 0.15) is 0 Å². The van der Waals surface area contributed by atoms with Crippen LogP contribution >= 0.6 is 0 Å². The Morgan fingerprint density at radius 2 is 1.85 bits per heavy atom. The fraction of sp³-hybridized carbons (Fsp3) is 0.905. The zero-order chi connectivity index (χ0) is 19.6. The van der Waals surface area contributed by atoms with Crippen molar-refractivity contribution in [2.24, 2.45) is 0 Å². The van der Waals surface area contributed by atoms with E-state index in [9.17, 15) is 9.59 Å². The molecule has 0 aromatic rings. The smallest absolute Gasteiger partial charge is 0.369 e. The van der Waals surface area contributed by atoms with Crippen molar-refractivity contribution < 1.29 is 18.8 Å². The van der Waals surface area contributed by atoms with Crippen LogP contribution in [-0.2, 0) is 14.3 Å². The predicted octanol–water partition coefficient (Wildman–Crippen LogP) is 3.76. The summed E-state index contributed by atoms with van der Waals surface area (Å²) in [4.78, 5) is 25.0. The van der Waals surface area contributed by atoms with Crippen LogP contribution in [0.5, 0.6) is 0 Å². The molecule has 0 radical (unpaired) electrons. The summed E-state index contributed by atoms with van der Waals surface area (Å²) < 4.78 is 5.48. The normalized spacial score (nSPS) is 28.5. The maximum absolute atomic E-state index is 11.7. The van der Waals surface area contributed by atoms with Gasteiger partial charge in [0.15, 0.2) is 6.54 Å². The molecule has 2 aliphatic rings. The lowest BCUT2D eigenvalue weighted by Gasteiger charge is -2.38.